The maximum atomic E-state index is 8.83. The molecule has 1 rings (SSSR count). The molecule has 1 nitrogen and oxygen atoms in total. The smallest absolute Gasteiger partial charge is 0.0949 e. The topological polar surface area (TPSA) is 23.8 Å². The molecule has 0 aromatic carbocycles. The summed E-state index contributed by atoms with van der Waals surface area (Å²) >= 11 is 0. The van der Waals surface area contributed by atoms with Crippen molar-refractivity contribution in [1.82, 2.24) is 0 Å². The molecule has 0 fully saturated rings. The van der Waals surface area contributed by atoms with Gasteiger partial charge in [-0.1, -0.05) is 26.3 Å². The van der Waals surface area contributed by atoms with E-state index in [9.17, 15) is 0 Å². The van der Waals surface area contributed by atoms with Crippen LogP contribution in [0.2, 0.25) is 0 Å². The Morgan fingerprint density at radius 1 is 1.45 bits per heavy atom. The molecule has 0 saturated carbocycles. The molecule has 0 bridgehead atoms. The molecule has 60 valence electrons. The molecule has 1 aliphatic rings. The number of rotatable bonds is 0. The van der Waals surface area contributed by atoms with Crippen molar-refractivity contribution in [2.45, 2.75) is 39.5 Å². The summed E-state index contributed by atoms with van der Waals surface area (Å²) in [6.45, 7) is 4.32. The Hall–Kier alpha value is -0.770. The first kappa shape index (κ1) is 8.33. The average molecular weight is 149 g/mol. The SMILES string of the molecule is CC1(C)CCCCC=C1C#N. The van der Waals surface area contributed by atoms with Gasteiger partial charge in [-0.2, -0.15) is 5.26 Å². The molecule has 0 radical (unpaired) electrons. The second-order valence-corrected chi connectivity index (χ2v) is 3.86. The van der Waals surface area contributed by atoms with Crippen LogP contribution in [0, 0.1) is 16.7 Å². The highest BCUT2D eigenvalue weighted by atomic mass is 14.3. The van der Waals surface area contributed by atoms with Gasteiger partial charge in [0.2, 0.25) is 0 Å². The van der Waals surface area contributed by atoms with Crippen LogP contribution in [0.15, 0.2) is 11.6 Å². The average Bonchev–Trinajstić information content (AvgIpc) is 2.10. The van der Waals surface area contributed by atoms with Crippen LogP contribution in [-0.2, 0) is 0 Å². The van der Waals surface area contributed by atoms with E-state index >= 15 is 0 Å². The highest BCUT2D eigenvalue weighted by Gasteiger charge is 2.23. The van der Waals surface area contributed by atoms with Crippen LogP contribution >= 0.6 is 0 Å². The number of hydrogen-bond acceptors (Lipinski definition) is 1. The molecule has 1 aliphatic carbocycles. The van der Waals surface area contributed by atoms with Crippen molar-refractivity contribution in [3.8, 4) is 6.07 Å². The summed E-state index contributed by atoms with van der Waals surface area (Å²) in [4.78, 5) is 0. The quantitative estimate of drug-likeness (QED) is 0.519. The lowest BCUT2D eigenvalue weighted by molar-refractivity contribution is 0.410. The molecule has 0 saturated heterocycles. The molecule has 0 atom stereocenters. The van der Waals surface area contributed by atoms with Crippen LogP contribution in [0.5, 0.6) is 0 Å². The minimum atomic E-state index is 0.130. The van der Waals surface area contributed by atoms with Gasteiger partial charge in [0, 0.05) is 5.57 Å². The van der Waals surface area contributed by atoms with Gasteiger partial charge in [-0.15, -0.1) is 0 Å². The van der Waals surface area contributed by atoms with E-state index in [0.29, 0.717) is 0 Å². The first-order valence-electron chi connectivity index (χ1n) is 4.27. The van der Waals surface area contributed by atoms with Gasteiger partial charge < -0.3 is 0 Å². The van der Waals surface area contributed by atoms with E-state index in [1.807, 2.05) is 0 Å². The lowest BCUT2D eigenvalue weighted by Crippen LogP contribution is -2.12. The van der Waals surface area contributed by atoms with Gasteiger partial charge >= 0.3 is 0 Å². The Morgan fingerprint density at radius 2 is 2.18 bits per heavy atom. The van der Waals surface area contributed by atoms with Crippen molar-refractivity contribution in [3.63, 3.8) is 0 Å². The second-order valence-electron chi connectivity index (χ2n) is 3.86. The molecule has 0 N–H and O–H groups in total. The van der Waals surface area contributed by atoms with Crippen LogP contribution in [-0.4, -0.2) is 0 Å². The number of nitrogens with zero attached hydrogens (tertiary/aromatic N) is 1. The van der Waals surface area contributed by atoms with Crippen molar-refractivity contribution in [2.24, 2.45) is 5.41 Å². The summed E-state index contributed by atoms with van der Waals surface area (Å²) in [5.41, 5.74) is 1.11. The van der Waals surface area contributed by atoms with Crippen LogP contribution in [0.4, 0.5) is 0 Å². The van der Waals surface area contributed by atoms with Crippen molar-refractivity contribution in [3.05, 3.63) is 11.6 Å². The predicted octanol–water partition coefficient (Wildman–Crippen LogP) is 3.04. The minimum absolute atomic E-state index is 0.130. The van der Waals surface area contributed by atoms with E-state index in [1.165, 1.54) is 12.8 Å². The summed E-state index contributed by atoms with van der Waals surface area (Å²) in [7, 11) is 0. The largest absolute Gasteiger partial charge is 0.193 e. The Morgan fingerprint density at radius 3 is 2.82 bits per heavy atom. The fourth-order valence-corrected chi connectivity index (χ4v) is 1.57. The maximum Gasteiger partial charge on any atom is 0.0949 e. The zero-order valence-electron chi connectivity index (χ0n) is 7.35. The maximum absolute atomic E-state index is 8.83. The van der Waals surface area contributed by atoms with Gasteiger partial charge in [0.1, 0.15) is 0 Å². The summed E-state index contributed by atoms with van der Waals surface area (Å²) in [5, 5.41) is 8.83. The first-order valence-corrected chi connectivity index (χ1v) is 4.27. The zero-order chi connectivity index (χ0) is 8.32. The van der Waals surface area contributed by atoms with E-state index < -0.39 is 0 Å². The van der Waals surface area contributed by atoms with Crippen LogP contribution in [0.1, 0.15) is 39.5 Å². The Kier molecular flexibility index (Phi) is 2.34. The van der Waals surface area contributed by atoms with E-state index in [2.05, 4.69) is 26.0 Å². The fraction of sp³-hybridized carbons (Fsp3) is 0.700. The highest BCUT2D eigenvalue weighted by Crippen LogP contribution is 2.34. The van der Waals surface area contributed by atoms with Gasteiger partial charge in [0.25, 0.3) is 0 Å². The summed E-state index contributed by atoms with van der Waals surface area (Å²) < 4.78 is 0. The Labute approximate surface area is 68.7 Å². The zero-order valence-corrected chi connectivity index (χ0v) is 7.35. The van der Waals surface area contributed by atoms with E-state index in [-0.39, 0.29) is 5.41 Å². The molecule has 0 spiro atoms. The molecule has 0 unspecified atom stereocenters. The third-order valence-corrected chi connectivity index (χ3v) is 2.45. The third kappa shape index (κ3) is 1.83. The molecule has 11 heavy (non-hydrogen) atoms. The molecule has 0 amide bonds. The summed E-state index contributed by atoms with van der Waals surface area (Å²) in [6, 6.07) is 2.30. The summed E-state index contributed by atoms with van der Waals surface area (Å²) in [5.74, 6) is 0. The molecule has 0 aromatic heterocycles. The molecule has 0 aromatic rings. The summed E-state index contributed by atoms with van der Waals surface area (Å²) in [6.07, 6.45) is 6.86. The van der Waals surface area contributed by atoms with Crippen molar-refractivity contribution in [2.75, 3.05) is 0 Å². The van der Waals surface area contributed by atoms with E-state index in [1.54, 1.807) is 0 Å². The van der Waals surface area contributed by atoms with Crippen molar-refractivity contribution >= 4 is 0 Å². The van der Waals surface area contributed by atoms with Crippen LogP contribution in [0.3, 0.4) is 0 Å². The van der Waals surface area contributed by atoms with Gasteiger partial charge in [-0.05, 0) is 24.7 Å². The van der Waals surface area contributed by atoms with E-state index in [0.717, 1.165) is 18.4 Å². The van der Waals surface area contributed by atoms with Gasteiger partial charge in [-0.3, -0.25) is 0 Å². The monoisotopic (exact) mass is 149 g/mol. The molecule has 0 heterocycles. The van der Waals surface area contributed by atoms with Crippen LogP contribution < -0.4 is 0 Å². The number of nitriles is 1. The normalized spacial score (nSPS) is 23.2. The lowest BCUT2D eigenvalue weighted by atomic mass is 9.82. The van der Waals surface area contributed by atoms with Crippen molar-refractivity contribution in [1.29, 1.82) is 5.26 Å². The first-order chi connectivity index (χ1) is 5.17. The highest BCUT2D eigenvalue weighted by molar-refractivity contribution is 5.28. The van der Waals surface area contributed by atoms with Crippen LogP contribution in [0.25, 0.3) is 0 Å². The second kappa shape index (κ2) is 3.09. The molecular weight excluding hydrogens is 134 g/mol. The number of allylic oxidation sites excluding steroid dienone is 2. The standard InChI is InChI=1S/C10H15N/c1-10(2)7-5-3-4-6-9(10)8-11/h6H,3-5,7H2,1-2H3. The molecule has 1 heteroatoms. The third-order valence-electron chi connectivity index (χ3n) is 2.45. The lowest BCUT2D eigenvalue weighted by Gasteiger charge is -2.21. The molecule has 0 aliphatic heterocycles. The van der Waals surface area contributed by atoms with E-state index in [4.69, 9.17) is 5.26 Å². The predicted molar refractivity (Wildman–Crippen MR) is 45.9 cm³/mol. The van der Waals surface area contributed by atoms with Gasteiger partial charge in [-0.25, -0.2) is 0 Å². The Balaban J connectivity index is 2.84. The Bertz CT molecular complexity index is 205. The van der Waals surface area contributed by atoms with Crippen molar-refractivity contribution < 1.29 is 0 Å². The molecular formula is C10H15N. The van der Waals surface area contributed by atoms with Gasteiger partial charge in [0.05, 0.1) is 6.07 Å². The minimum Gasteiger partial charge on any atom is -0.193 e. The fourth-order valence-electron chi connectivity index (χ4n) is 1.57. The van der Waals surface area contributed by atoms with Gasteiger partial charge in [0.15, 0.2) is 0 Å². The number of hydrogen-bond donors (Lipinski definition) is 0.